The molecule has 0 radical (unpaired) electrons. The molecule has 1 nitrogen and oxygen atoms in total. The summed E-state index contributed by atoms with van der Waals surface area (Å²) in [7, 11) is 0. The van der Waals surface area contributed by atoms with Gasteiger partial charge < -0.3 is 4.74 Å². The van der Waals surface area contributed by atoms with Crippen LogP contribution in [0.4, 0.5) is 0 Å². The van der Waals surface area contributed by atoms with Crippen molar-refractivity contribution in [1.29, 1.82) is 0 Å². The van der Waals surface area contributed by atoms with Crippen molar-refractivity contribution < 1.29 is 4.74 Å². The summed E-state index contributed by atoms with van der Waals surface area (Å²) in [6.07, 6.45) is 2.72. The summed E-state index contributed by atoms with van der Waals surface area (Å²) >= 11 is 0. The molecule has 88 valence electrons. The first-order chi connectivity index (χ1) is 7.59. The van der Waals surface area contributed by atoms with Gasteiger partial charge in [-0.15, -0.1) is 0 Å². The standard InChI is InChI=1S/C15H22O/c1-10(2)13-7-5-6-12-8-9-14(11(3)4)16-15(12)13/h5-7,10-11,14H,8-9H2,1-4H3. The monoisotopic (exact) mass is 218 g/mol. The van der Waals surface area contributed by atoms with E-state index in [1.807, 2.05) is 0 Å². The Balaban J connectivity index is 2.34. The average molecular weight is 218 g/mol. The third kappa shape index (κ3) is 2.09. The molecule has 0 amide bonds. The predicted molar refractivity (Wildman–Crippen MR) is 68.1 cm³/mol. The Morgan fingerprint density at radius 1 is 1.19 bits per heavy atom. The highest BCUT2D eigenvalue weighted by Crippen LogP contribution is 2.36. The molecule has 1 heterocycles. The van der Waals surface area contributed by atoms with Gasteiger partial charge >= 0.3 is 0 Å². The molecule has 1 aliphatic heterocycles. The molecule has 1 aromatic rings. The molecule has 1 aliphatic rings. The van der Waals surface area contributed by atoms with Crippen LogP contribution in [0, 0.1) is 5.92 Å². The van der Waals surface area contributed by atoms with Gasteiger partial charge in [0.05, 0.1) is 0 Å². The maximum absolute atomic E-state index is 6.19. The quantitative estimate of drug-likeness (QED) is 0.724. The van der Waals surface area contributed by atoms with E-state index in [1.54, 1.807) is 0 Å². The SMILES string of the molecule is CC(C)c1cccc2c1OC(C(C)C)CC2. The fourth-order valence-electron chi connectivity index (χ4n) is 2.38. The molecule has 0 saturated carbocycles. The number of hydrogen-bond acceptors (Lipinski definition) is 1. The molecule has 2 rings (SSSR count). The number of ether oxygens (including phenoxy) is 1. The summed E-state index contributed by atoms with van der Waals surface area (Å²) < 4.78 is 6.19. The topological polar surface area (TPSA) is 9.23 Å². The van der Waals surface area contributed by atoms with E-state index < -0.39 is 0 Å². The minimum Gasteiger partial charge on any atom is -0.490 e. The molecule has 0 N–H and O–H groups in total. The Labute approximate surface area is 98.8 Å². The molecule has 0 spiro atoms. The summed E-state index contributed by atoms with van der Waals surface area (Å²) in [4.78, 5) is 0. The van der Waals surface area contributed by atoms with Gasteiger partial charge in [-0.1, -0.05) is 45.9 Å². The van der Waals surface area contributed by atoms with Gasteiger partial charge in [0.2, 0.25) is 0 Å². The van der Waals surface area contributed by atoms with Crippen molar-refractivity contribution in [2.24, 2.45) is 5.92 Å². The summed E-state index contributed by atoms with van der Waals surface area (Å²) in [6.45, 7) is 8.96. The van der Waals surface area contributed by atoms with Crippen LogP contribution in [0.5, 0.6) is 5.75 Å². The number of rotatable bonds is 2. The lowest BCUT2D eigenvalue weighted by molar-refractivity contribution is 0.125. The van der Waals surface area contributed by atoms with Gasteiger partial charge in [-0.25, -0.2) is 0 Å². The Bertz CT molecular complexity index is 366. The molecule has 0 saturated heterocycles. The van der Waals surface area contributed by atoms with E-state index in [-0.39, 0.29) is 0 Å². The highest BCUT2D eigenvalue weighted by atomic mass is 16.5. The summed E-state index contributed by atoms with van der Waals surface area (Å²) in [5, 5.41) is 0. The van der Waals surface area contributed by atoms with E-state index in [0.717, 1.165) is 6.42 Å². The first-order valence-electron chi connectivity index (χ1n) is 6.38. The second-order valence-corrected chi connectivity index (χ2v) is 5.43. The minimum atomic E-state index is 0.396. The molecular formula is C15H22O. The van der Waals surface area contributed by atoms with E-state index >= 15 is 0 Å². The summed E-state index contributed by atoms with van der Waals surface area (Å²) in [5.74, 6) is 2.32. The van der Waals surface area contributed by atoms with Crippen molar-refractivity contribution >= 4 is 0 Å². The van der Waals surface area contributed by atoms with Gasteiger partial charge in [0.15, 0.2) is 0 Å². The largest absolute Gasteiger partial charge is 0.490 e. The first-order valence-corrected chi connectivity index (χ1v) is 6.38. The van der Waals surface area contributed by atoms with Gasteiger partial charge in [-0.2, -0.15) is 0 Å². The molecule has 1 atom stereocenters. The molecule has 1 unspecified atom stereocenters. The zero-order valence-electron chi connectivity index (χ0n) is 10.8. The van der Waals surface area contributed by atoms with E-state index in [9.17, 15) is 0 Å². The second-order valence-electron chi connectivity index (χ2n) is 5.43. The maximum Gasteiger partial charge on any atom is 0.126 e. The van der Waals surface area contributed by atoms with E-state index in [2.05, 4.69) is 45.9 Å². The smallest absolute Gasteiger partial charge is 0.126 e. The van der Waals surface area contributed by atoms with Gasteiger partial charge in [-0.05, 0) is 35.8 Å². The number of benzene rings is 1. The zero-order valence-corrected chi connectivity index (χ0v) is 10.8. The van der Waals surface area contributed by atoms with Gasteiger partial charge in [0, 0.05) is 0 Å². The fourth-order valence-corrected chi connectivity index (χ4v) is 2.38. The third-order valence-corrected chi connectivity index (χ3v) is 3.46. The van der Waals surface area contributed by atoms with Crippen LogP contribution < -0.4 is 4.74 Å². The third-order valence-electron chi connectivity index (χ3n) is 3.46. The van der Waals surface area contributed by atoms with Crippen molar-refractivity contribution in [3.05, 3.63) is 29.3 Å². The number of hydrogen-bond donors (Lipinski definition) is 0. The first kappa shape index (κ1) is 11.5. The van der Waals surface area contributed by atoms with Crippen LogP contribution in [-0.2, 0) is 6.42 Å². The fraction of sp³-hybridized carbons (Fsp3) is 0.600. The summed E-state index contributed by atoms with van der Waals surface area (Å²) in [6, 6.07) is 6.57. The lowest BCUT2D eigenvalue weighted by Crippen LogP contribution is -2.28. The van der Waals surface area contributed by atoms with Crippen molar-refractivity contribution in [3.8, 4) is 5.75 Å². The minimum absolute atomic E-state index is 0.396. The molecule has 1 aromatic carbocycles. The zero-order chi connectivity index (χ0) is 11.7. The van der Waals surface area contributed by atoms with Crippen LogP contribution in [-0.4, -0.2) is 6.10 Å². The average Bonchev–Trinajstić information content (AvgIpc) is 2.27. The highest BCUT2D eigenvalue weighted by Gasteiger charge is 2.24. The highest BCUT2D eigenvalue weighted by molar-refractivity contribution is 5.44. The number of fused-ring (bicyclic) bond motifs is 1. The van der Waals surface area contributed by atoms with Gasteiger partial charge in [0.1, 0.15) is 11.9 Å². The van der Waals surface area contributed by atoms with Crippen molar-refractivity contribution in [1.82, 2.24) is 0 Å². The normalized spacial score (nSPS) is 19.8. The second kappa shape index (κ2) is 4.48. The number of para-hydroxylation sites is 1. The van der Waals surface area contributed by atoms with Crippen molar-refractivity contribution in [2.75, 3.05) is 0 Å². The maximum atomic E-state index is 6.19. The lowest BCUT2D eigenvalue weighted by Gasteiger charge is -2.31. The Morgan fingerprint density at radius 2 is 1.94 bits per heavy atom. The molecule has 0 aliphatic carbocycles. The summed E-state index contributed by atoms with van der Waals surface area (Å²) in [5.41, 5.74) is 2.76. The van der Waals surface area contributed by atoms with Crippen LogP contribution in [0.15, 0.2) is 18.2 Å². The van der Waals surface area contributed by atoms with Gasteiger partial charge in [-0.3, -0.25) is 0 Å². The van der Waals surface area contributed by atoms with E-state index in [0.29, 0.717) is 17.9 Å². The lowest BCUT2D eigenvalue weighted by atomic mass is 9.91. The predicted octanol–water partition coefficient (Wildman–Crippen LogP) is 4.16. The van der Waals surface area contributed by atoms with Crippen molar-refractivity contribution in [3.63, 3.8) is 0 Å². The molecule has 0 aromatic heterocycles. The van der Waals surface area contributed by atoms with Crippen LogP contribution in [0.2, 0.25) is 0 Å². The van der Waals surface area contributed by atoms with E-state index in [4.69, 9.17) is 4.74 Å². The molecular weight excluding hydrogens is 196 g/mol. The van der Waals surface area contributed by atoms with Crippen molar-refractivity contribution in [2.45, 2.75) is 52.6 Å². The molecule has 0 bridgehead atoms. The van der Waals surface area contributed by atoms with Crippen LogP contribution in [0.3, 0.4) is 0 Å². The number of aryl methyl sites for hydroxylation is 1. The van der Waals surface area contributed by atoms with Crippen LogP contribution in [0.25, 0.3) is 0 Å². The van der Waals surface area contributed by atoms with Crippen LogP contribution >= 0.6 is 0 Å². The Morgan fingerprint density at radius 3 is 2.56 bits per heavy atom. The van der Waals surface area contributed by atoms with Gasteiger partial charge in [0.25, 0.3) is 0 Å². The Hall–Kier alpha value is -0.980. The van der Waals surface area contributed by atoms with Crippen LogP contribution in [0.1, 0.15) is 51.2 Å². The molecule has 16 heavy (non-hydrogen) atoms. The molecule has 0 fully saturated rings. The van der Waals surface area contributed by atoms with E-state index in [1.165, 1.54) is 23.3 Å². The Kier molecular flexibility index (Phi) is 3.22. The molecule has 1 heteroatoms.